The lowest BCUT2D eigenvalue weighted by Gasteiger charge is -2.09. The number of sulfonamides is 1. The molecule has 6 heteroatoms. The maximum atomic E-state index is 10.8. The van der Waals surface area contributed by atoms with E-state index in [0.29, 0.717) is 25.4 Å². The first-order chi connectivity index (χ1) is 8.29. The summed E-state index contributed by atoms with van der Waals surface area (Å²) in [7, 11) is -3.11. The van der Waals surface area contributed by atoms with E-state index in [9.17, 15) is 13.5 Å². The van der Waals surface area contributed by atoms with Gasteiger partial charge in [-0.25, -0.2) is 13.1 Å². The molecule has 0 spiro atoms. The topological polar surface area (TPSA) is 78.4 Å². The molecule has 0 aliphatic heterocycles. The van der Waals surface area contributed by atoms with Crippen LogP contribution in [0.1, 0.15) is 16.7 Å². The average molecular weight is 272 g/mol. The molecule has 0 saturated heterocycles. The SMILES string of the molecule is Cc1cc(CNCCNS(C)(=O)=O)cc(C)c1O. The monoisotopic (exact) mass is 272 g/mol. The Labute approximate surface area is 108 Å². The van der Waals surface area contributed by atoms with E-state index >= 15 is 0 Å². The van der Waals surface area contributed by atoms with Gasteiger partial charge in [0.2, 0.25) is 10.0 Å². The molecule has 0 heterocycles. The molecule has 5 nitrogen and oxygen atoms in total. The Balaban J connectivity index is 2.41. The quantitative estimate of drug-likeness (QED) is 0.664. The zero-order valence-electron chi connectivity index (χ0n) is 10.9. The Bertz CT molecular complexity index is 489. The van der Waals surface area contributed by atoms with Gasteiger partial charge in [0.15, 0.2) is 0 Å². The number of aromatic hydroxyl groups is 1. The first kappa shape index (κ1) is 14.9. The summed E-state index contributed by atoms with van der Waals surface area (Å²) in [6.45, 7) is 5.29. The average Bonchev–Trinajstić information content (AvgIpc) is 2.23. The smallest absolute Gasteiger partial charge is 0.208 e. The predicted molar refractivity (Wildman–Crippen MR) is 72.1 cm³/mol. The first-order valence-corrected chi connectivity index (χ1v) is 7.63. The minimum atomic E-state index is -3.11. The van der Waals surface area contributed by atoms with E-state index in [0.717, 1.165) is 22.9 Å². The molecule has 0 aromatic heterocycles. The van der Waals surface area contributed by atoms with Gasteiger partial charge in [-0.2, -0.15) is 0 Å². The minimum Gasteiger partial charge on any atom is -0.507 e. The lowest BCUT2D eigenvalue weighted by Crippen LogP contribution is -2.30. The van der Waals surface area contributed by atoms with Crippen molar-refractivity contribution in [3.05, 3.63) is 28.8 Å². The van der Waals surface area contributed by atoms with Crippen molar-refractivity contribution in [3.63, 3.8) is 0 Å². The van der Waals surface area contributed by atoms with Crippen LogP contribution in [0.15, 0.2) is 12.1 Å². The third kappa shape index (κ3) is 5.03. The number of hydrogen-bond donors (Lipinski definition) is 3. The van der Waals surface area contributed by atoms with E-state index in [-0.39, 0.29) is 0 Å². The summed E-state index contributed by atoms with van der Waals surface area (Å²) in [6, 6.07) is 3.83. The Morgan fingerprint density at radius 1 is 1.17 bits per heavy atom. The number of benzene rings is 1. The molecular weight excluding hydrogens is 252 g/mol. The van der Waals surface area contributed by atoms with Gasteiger partial charge in [0, 0.05) is 19.6 Å². The second-order valence-corrected chi connectivity index (χ2v) is 6.25. The van der Waals surface area contributed by atoms with Crippen molar-refractivity contribution in [1.82, 2.24) is 10.0 Å². The largest absolute Gasteiger partial charge is 0.507 e. The lowest BCUT2D eigenvalue weighted by molar-refractivity contribution is 0.466. The predicted octanol–water partition coefficient (Wildman–Crippen LogP) is 0.648. The molecule has 102 valence electrons. The maximum Gasteiger partial charge on any atom is 0.208 e. The number of phenols is 1. The van der Waals surface area contributed by atoms with Crippen LogP contribution in [0.3, 0.4) is 0 Å². The van der Waals surface area contributed by atoms with Gasteiger partial charge < -0.3 is 10.4 Å². The molecule has 0 unspecified atom stereocenters. The van der Waals surface area contributed by atoms with Crippen molar-refractivity contribution >= 4 is 10.0 Å². The Morgan fingerprint density at radius 2 is 1.72 bits per heavy atom. The second-order valence-electron chi connectivity index (χ2n) is 4.42. The van der Waals surface area contributed by atoms with Crippen molar-refractivity contribution in [3.8, 4) is 5.75 Å². The van der Waals surface area contributed by atoms with Gasteiger partial charge in [-0.05, 0) is 30.5 Å². The Morgan fingerprint density at radius 3 is 2.22 bits per heavy atom. The molecule has 0 atom stereocenters. The van der Waals surface area contributed by atoms with E-state index in [4.69, 9.17) is 0 Å². The lowest BCUT2D eigenvalue weighted by atomic mass is 10.1. The molecule has 0 fully saturated rings. The van der Waals surface area contributed by atoms with Crippen LogP contribution in [-0.2, 0) is 16.6 Å². The van der Waals surface area contributed by atoms with Crippen LogP contribution in [0.25, 0.3) is 0 Å². The Kier molecular flexibility index (Phi) is 5.13. The van der Waals surface area contributed by atoms with Crippen LogP contribution in [-0.4, -0.2) is 32.9 Å². The number of aryl methyl sites for hydroxylation is 2. The number of phenolic OH excluding ortho intramolecular Hbond substituents is 1. The highest BCUT2D eigenvalue weighted by Crippen LogP contribution is 2.22. The fraction of sp³-hybridized carbons (Fsp3) is 0.500. The molecular formula is C12H20N2O3S. The number of rotatable bonds is 6. The summed E-state index contributed by atoms with van der Waals surface area (Å²) in [5.41, 5.74) is 2.77. The van der Waals surface area contributed by atoms with E-state index in [1.165, 1.54) is 0 Å². The fourth-order valence-electron chi connectivity index (χ4n) is 1.71. The zero-order valence-corrected chi connectivity index (χ0v) is 11.8. The highest BCUT2D eigenvalue weighted by molar-refractivity contribution is 7.88. The van der Waals surface area contributed by atoms with E-state index < -0.39 is 10.0 Å². The standard InChI is InChI=1S/C12H20N2O3S/c1-9-6-11(7-10(2)12(9)15)8-13-4-5-14-18(3,16)17/h6-7,13-15H,4-5,8H2,1-3H3. The van der Waals surface area contributed by atoms with E-state index in [1.807, 2.05) is 26.0 Å². The van der Waals surface area contributed by atoms with Crippen molar-refractivity contribution < 1.29 is 13.5 Å². The molecule has 3 N–H and O–H groups in total. The fourth-order valence-corrected chi connectivity index (χ4v) is 2.18. The molecule has 0 bridgehead atoms. The van der Waals surface area contributed by atoms with Crippen LogP contribution in [0.4, 0.5) is 0 Å². The third-order valence-electron chi connectivity index (χ3n) is 2.55. The highest BCUT2D eigenvalue weighted by atomic mass is 32.2. The molecule has 0 amide bonds. The summed E-state index contributed by atoms with van der Waals surface area (Å²) in [4.78, 5) is 0. The van der Waals surface area contributed by atoms with Crippen LogP contribution in [0, 0.1) is 13.8 Å². The van der Waals surface area contributed by atoms with Crippen LogP contribution in [0.5, 0.6) is 5.75 Å². The normalized spacial score (nSPS) is 11.7. The summed E-state index contributed by atoms with van der Waals surface area (Å²) in [5.74, 6) is 0.331. The number of hydrogen-bond acceptors (Lipinski definition) is 4. The van der Waals surface area contributed by atoms with Crippen LogP contribution in [0.2, 0.25) is 0 Å². The van der Waals surface area contributed by atoms with Crippen LogP contribution >= 0.6 is 0 Å². The molecule has 18 heavy (non-hydrogen) atoms. The molecule has 0 aliphatic rings. The molecule has 1 aromatic rings. The van der Waals surface area contributed by atoms with Gasteiger partial charge in [0.1, 0.15) is 5.75 Å². The summed E-state index contributed by atoms with van der Waals surface area (Å²) >= 11 is 0. The van der Waals surface area contributed by atoms with Gasteiger partial charge in [0.25, 0.3) is 0 Å². The van der Waals surface area contributed by atoms with Crippen molar-refractivity contribution in [2.24, 2.45) is 0 Å². The molecule has 1 aromatic carbocycles. The van der Waals surface area contributed by atoms with Gasteiger partial charge in [-0.15, -0.1) is 0 Å². The Hall–Kier alpha value is -1.11. The molecule has 1 rings (SSSR count). The second kappa shape index (κ2) is 6.17. The van der Waals surface area contributed by atoms with Gasteiger partial charge in [0.05, 0.1) is 6.26 Å². The van der Waals surface area contributed by atoms with Crippen molar-refractivity contribution in [2.45, 2.75) is 20.4 Å². The third-order valence-corrected chi connectivity index (χ3v) is 3.27. The minimum absolute atomic E-state index is 0.331. The van der Waals surface area contributed by atoms with Crippen molar-refractivity contribution in [1.29, 1.82) is 0 Å². The first-order valence-electron chi connectivity index (χ1n) is 5.74. The summed E-state index contributed by atoms with van der Waals surface area (Å²) in [5, 5.41) is 12.8. The summed E-state index contributed by atoms with van der Waals surface area (Å²) in [6.07, 6.45) is 1.14. The highest BCUT2D eigenvalue weighted by Gasteiger charge is 2.03. The molecule has 0 aliphatic carbocycles. The van der Waals surface area contributed by atoms with Gasteiger partial charge in [-0.1, -0.05) is 12.1 Å². The van der Waals surface area contributed by atoms with Gasteiger partial charge >= 0.3 is 0 Å². The van der Waals surface area contributed by atoms with E-state index in [1.54, 1.807) is 0 Å². The van der Waals surface area contributed by atoms with Gasteiger partial charge in [-0.3, -0.25) is 0 Å². The van der Waals surface area contributed by atoms with E-state index in [2.05, 4.69) is 10.0 Å². The maximum absolute atomic E-state index is 10.8. The van der Waals surface area contributed by atoms with Crippen molar-refractivity contribution in [2.75, 3.05) is 19.3 Å². The van der Waals surface area contributed by atoms with Crippen LogP contribution < -0.4 is 10.0 Å². The zero-order chi connectivity index (χ0) is 13.8. The number of nitrogens with one attached hydrogen (secondary N) is 2. The molecule has 0 saturated carbocycles. The summed E-state index contributed by atoms with van der Waals surface area (Å²) < 4.78 is 24.1. The molecule has 0 radical (unpaired) electrons.